The Hall–Kier alpha value is -1.95. The molecule has 0 unspecified atom stereocenters. The lowest BCUT2D eigenvalue weighted by Crippen LogP contribution is -2.36. The summed E-state index contributed by atoms with van der Waals surface area (Å²) in [5.74, 6) is 0.599. The predicted molar refractivity (Wildman–Crippen MR) is 72.9 cm³/mol. The molecular weight excluding hydrogens is 248 g/mol. The highest BCUT2D eigenvalue weighted by atomic mass is 32.1. The van der Waals surface area contributed by atoms with Gasteiger partial charge in [-0.25, -0.2) is 4.98 Å². The lowest BCUT2D eigenvalue weighted by atomic mass is 10.3. The first-order valence-corrected chi connectivity index (χ1v) is 6.51. The van der Waals surface area contributed by atoms with Gasteiger partial charge in [-0.1, -0.05) is 23.5 Å². The van der Waals surface area contributed by atoms with Gasteiger partial charge in [-0.3, -0.25) is 14.7 Å². The predicted octanol–water partition coefficient (Wildman–Crippen LogP) is 1.93. The van der Waals surface area contributed by atoms with Crippen LogP contribution in [-0.4, -0.2) is 34.8 Å². The van der Waals surface area contributed by atoms with E-state index in [-0.39, 0.29) is 5.91 Å². The number of nitrogens with one attached hydrogen (secondary N) is 1. The van der Waals surface area contributed by atoms with Crippen LogP contribution in [0.25, 0.3) is 10.2 Å². The molecule has 1 aliphatic rings. The number of aliphatic imine (C=N–C) groups is 1. The van der Waals surface area contributed by atoms with E-state index >= 15 is 0 Å². The fourth-order valence-electron chi connectivity index (χ4n) is 1.88. The normalized spacial score (nSPS) is 14.9. The van der Waals surface area contributed by atoms with Crippen LogP contribution in [-0.2, 0) is 4.79 Å². The van der Waals surface area contributed by atoms with Crippen molar-refractivity contribution in [2.24, 2.45) is 4.99 Å². The van der Waals surface area contributed by atoms with Gasteiger partial charge in [0.05, 0.1) is 16.8 Å². The Labute approximate surface area is 108 Å². The fourth-order valence-corrected chi connectivity index (χ4v) is 2.74. The second kappa shape index (κ2) is 4.38. The first kappa shape index (κ1) is 11.2. The number of anilines is 1. The molecule has 2 heterocycles. The number of carbonyl (C=O) groups is 1. The van der Waals surface area contributed by atoms with Crippen LogP contribution >= 0.6 is 11.3 Å². The smallest absolute Gasteiger partial charge is 0.226 e. The first-order chi connectivity index (χ1) is 8.74. The third kappa shape index (κ3) is 1.95. The van der Waals surface area contributed by atoms with Gasteiger partial charge in [0.1, 0.15) is 0 Å². The van der Waals surface area contributed by atoms with Gasteiger partial charge < -0.3 is 5.32 Å². The van der Waals surface area contributed by atoms with Crippen LogP contribution in [0.5, 0.6) is 0 Å². The van der Waals surface area contributed by atoms with Crippen molar-refractivity contribution >= 4 is 38.6 Å². The molecule has 0 fully saturated rings. The zero-order chi connectivity index (χ0) is 12.5. The van der Waals surface area contributed by atoms with Gasteiger partial charge in [-0.2, -0.15) is 0 Å². The molecule has 1 aromatic heterocycles. The second-order valence-electron chi connectivity index (χ2n) is 3.99. The number of fused-ring (bicyclic) bond motifs is 1. The fraction of sp³-hybridized carbons (Fsp3) is 0.250. The summed E-state index contributed by atoms with van der Waals surface area (Å²) < 4.78 is 1.12. The monoisotopic (exact) mass is 260 g/mol. The van der Waals surface area contributed by atoms with Crippen molar-refractivity contribution < 1.29 is 4.79 Å². The number of amides is 1. The molecule has 1 amide bonds. The van der Waals surface area contributed by atoms with E-state index in [2.05, 4.69) is 15.3 Å². The molecule has 18 heavy (non-hydrogen) atoms. The third-order valence-electron chi connectivity index (χ3n) is 2.73. The second-order valence-corrected chi connectivity index (χ2v) is 5.02. The van der Waals surface area contributed by atoms with E-state index < -0.39 is 0 Å². The molecule has 6 heteroatoms. The van der Waals surface area contributed by atoms with Gasteiger partial charge in [-0.05, 0) is 12.1 Å². The molecule has 1 aliphatic heterocycles. The van der Waals surface area contributed by atoms with Crippen LogP contribution < -0.4 is 5.32 Å². The van der Waals surface area contributed by atoms with Gasteiger partial charge >= 0.3 is 0 Å². The Bertz CT molecular complexity index is 601. The summed E-state index contributed by atoms with van der Waals surface area (Å²) in [4.78, 5) is 21.8. The molecule has 3 rings (SSSR count). The minimum Gasteiger partial charge on any atom is -0.302 e. The van der Waals surface area contributed by atoms with Gasteiger partial charge in [0.25, 0.3) is 0 Å². The Kier molecular flexibility index (Phi) is 2.71. The molecule has 0 bridgehead atoms. The van der Waals surface area contributed by atoms with Crippen molar-refractivity contribution in [3.63, 3.8) is 0 Å². The largest absolute Gasteiger partial charge is 0.302 e. The summed E-state index contributed by atoms with van der Waals surface area (Å²) in [5, 5.41) is 3.89. The first-order valence-electron chi connectivity index (χ1n) is 5.69. The zero-order valence-electron chi connectivity index (χ0n) is 9.88. The number of aromatic nitrogens is 1. The highest BCUT2D eigenvalue weighted by Crippen LogP contribution is 2.25. The summed E-state index contributed by atoms with van der Waals surface area (Å²) in [7, 11) is 0. The Morgan fingerprint density at radius 1 is 1.44 bits per heavy atom. The number of benzene rings is 1. The van der Waals surface area contributed by atoms with Crippen molar-refractivity contribution in [2.75, 3.05) is 18.4 Å². The number of para-hydroxylation sites is 1. The number of guanidine groups is 1. The molecule has 2 aromatic rings. The summed E-state index contributed by atoms with van der Waals surface area (Å²) >= 11 is 1.56. The highest BCUT2D eigenvalue weighted by molar-refractivity contribution is 7.22. The lowest BCUT2D eigenvalue weighted by Gasteiger charge is -2.15. The van der Waals surface area contributed by atoms with Crippen LogP contribution in [0.2, 0.25) is 0 Å². The SMILES string of the molecule is CC(=O)N1CCN=C1Nc1nc2ccccc2s1. The molecule has 92 valence electrons. The number of hydrogen-bond donors (Lipinski definition) is 1. The molecule has 1 aromatic carbocycles. The van der Waals surface area contributed by atoms with Crippen LogP contribution in [0.15, 0.2) is 29.3 Å². The van der Waals surface area contributed by atoms with Gasteiger partial charge in [0.15, 0.2) is 5.13 Å². The molecule has 5 nitrogen and oxygen atoms in total. The number of rotatable bonds is 1. The van der Waals surface area contributed by atoms with Gasteiger partial charge in [0.2, 0.25) is 11.9 Å². The number of thiazole rings is 1. The van der Waals surface area contributed by atoms with Crippen LogP contribution in [0.1, 0.15) is 6.92 Å². The number of carbonyl (C=O) groups excluding carboxylic acids is 1. The maximum Gasteiger partial charge on any atom is 0.226 e. The van der Waals surface area contributed by atoms with Crippen molar-refractivity contribution in [2.45, 2.75) is 6.92 Å². The van der Waals surface area contributed by atoms with Crippen molar-refractivity contribution in [3.8, 4) is 0 Å². The standard InChI is InChI=1S/C12H12N4OS/c1-8(17)16-7-6-13-11(16)15-12-14-9-4-2-3-5-10(9)18-12/h2-5H,6-7H2,1H3,(H,13,14,15). The molecule has 0 atom stereocenters. The van der Waals surface area contributed by atoms with Gasteiger partial charge in [-0.15, -0.1) is 0 Å². The Balaban J connectivity index is 1.86. The Morgan fingerprint density at radius 3 is 3.06 bits per heavy atom. The van der Waals surface area contributed by atoms with Crippen molar-refractivity contribution in [1.29, 1.82) is 0 Å². The van der Waals surface area contributed by atoms with Crippen molar-refractivity contribution in [1.82, 2.24) is 9.88 Å². The van der Waals surface area contributed by atoms with E-state index in [1.54, 1.807) is 23.2 Å². The number of nitrogens with zero attached hydrogens (tertiary/aromatic N) is 3. The van der Waals surface area contributed by atoms with Crippen molar-refractivity contribution in [3.05, 3.63) is 24.3 Å². The Morgan fingerprint density at radius 2 is 2.28 bits per heavy atom. The van der Waals surface area contributed by atoms with E-state index in [1.807, 2.05) is 24.3 Å². The molecule has 0 aliphatic carbocycles. The van der Waals surface area contributed by atoms with Crippen LogP contribution in [0.3, 0.4) is 0 Å². The molecule has 0 saturated heterocycles. The summed E-state index contributed by atoms with van der Waals surface area (Å²) in [5.41, 5.74) is 0.956. The van der Waals surface area contributed by atoms with Gasteiger partial charge in [0, 0.05) is 13.5 Å². The van der Waals surface area contributed by atoms with E-state index in [0.717, 1.165) is 15.3 Å². The van der Waals surface area contributed by atoms with E-state index in [4.69, 9.17) is 0 Å². The lowest BCUT2D eigenvalue weighted by molar-refractivity contribution is -0.124. The molecular formula is C12H12N4OS. The summed E-state index contributed by atoms with van der Waals surface area (Å²) in [6, 6.07) is 7.94. The molecule has 1 N–H and O–H groups in total. The maximum absolute atomic E-state index is 11.4. The topological polar surface area (TPSA) is 57.6 Å². The quantitative estimate of drug-likeness (QED) is 0.852. The van der Waals surface area contributed by atoms with Crippen LogP contribution in [0, 0.1) is 0 Å². The van der Waals surface area contributed by atoms with Crippen LogP contribution in [0.4, 0.5) is 5.13 Å². The number of hydrogen-bond acceptors (Lipinski definition) is 5. The minimum atomic E-state index is -0.000129. The maximum atomic E-state index is 11.4. The minimum absolute atomic E-state index is 0.000129. The summed E-state index contributed by atoms with van der Waals surface area (Å²) in [6.45, 7) is 2.83. The van der Waals surface area contributed by atoms with E-state index in [0.29, 0.717) is 19.0 Å². The average molecular weight is 260 g/mol. The average Bonchev–Trinajstić information content (AvgIpc) is 2.94. The highest BCUT2D eigenvalue weighted by Gasteiger charge is 2.21. The molecule has 0 radical (unpaired) electrons. The summed E-state index contributed by atoms with van der Waals surface area (Å²) in [6.07, 6.45) is 0. The third-order valence-corrected chi connectivity index (χ3v) is 3.69. The zero-order valence-corrected chi connectivity index (χ0v) is 10.7. The van der Waals surface area contributed by atoms with E-state index in [9.17, 15) is 4.79 Å². The molecule has 0 spiro atoms. The molecule has 0 saturated carbocycles. The van der Waals surface area contributed by atoms with E-state index in [1.165, 1.54) is 0 Å².